The predicted molar refractivity (Wildman–Crippen MR) is 70.8 cm³/mol. The zero-order chi connectivity index (χ0) is 13.9. The number of nitrogens with zero attached hydrogens (tertiary/aromatic N) is 1. The van der Waals surface area contributed by atoms with Gasteiger partial charge < -0.3 is 15.3 Å². The van der Waals surface area contributed by atoms with E-state index in [1.165, 1.54) is 0 Å². The van der Waals surface area contributed by atoms with Gasteiger partial charge in [-0.25, -0.2) is 0 Å². The van der Waals surface area contributed by atoms with E-state index in [9.17, 15) is 15.3 Å². The molecule has 1 fully saturated rings. The molecule has 0 saturated carbocycles. The summed E-state index contributed by atoms with van der Waals surface area (Å²) in [4.78, 5) is 1.95. The van der Waals surface area contributed by atoms with Crippen LogP contribution in [0.5, 0.6) is 0 Å². The van der Waals surface area contributed by atoms with Crippen LogP contribution in [0.1, 0.15) is 34.1 Å². The first-order chi connectivity index (χ1) is 8.32. The van der Waals surface area contributed by atoms with E-state index in [2.05, 4.69) is 5.32 Å². The van der Waals surface area contributed by atoms with Gasteiger partial charge in [-0.2, -0.15) is 0 Å². The fourth-order valence-electron chi connectivity index (χ4n) is 2.63. The third kappa shape index (κ3) is 4.17. The molecule has 1 rings (SSSR count). The molecular formula is C13H28N2O3. The van der Waals surface area contributed by atoms with E-state index in [0.717, 1.165) is 13.0 Å². The number of aliphatic hydroxyl groups is 3. The number of rotatable bonds is 6. The Hall–Kier alpha value is -0.200. The first-order valence-electron chi connectivity index (χ1n) is 6.87. The zero-order valence-corrected chi connectivity index (χ0v) is 11.9. The minimum Gasteiger partial charge on any atom is -0.392 e. The van der Waals surface area contributed by atoms with Gasteiger partial charge in [0.25, 0.3) is 0 Å². The summed E-state index contributed by atoms with van der Waals surface area (Å²) >= 11 is 0. The van der Waals surface area contributed by atoms with Crippen LogP contribution in [0.15, 0.2) is 0 Å². The van der Waals surface area contributed by atoms with E-state index in [-0.39, 0.29) is 17.9 Å². The van der Waals surface area contributed by atoms with Crippen LogP contribution in [0.4, 0.5) is 0 Å². The van der Waals surface area contributed by atoms with Gasteiger partial charge in [-0.15, -0.1) is 0 Å². The average molecular weight is 260 g/mol. The van der Waals surface area contributed by atoms with E-state index in [1.807, 2.05) is 18.7 Å². The lowest BCUT2D eigenvalue weighted by Crippen LogP contribution is -2.50. The highest BCUT2D eigenvalue weighted by Crippen LogP contribution is 2.21. The molecule has 1 aliphatic rings. The first kappa shape index (κ1) is 15.9. The zero-order valence-electron chi connectivity index (χ0n) is 11.9. The normalized spacial score (nSPS) is 28.3. The Kier molecular flexibility index (Phi) is 6.01. The highest BCUT2D eigenvalue weighted by atomic mass is 16.3. The van der Waals surface area contributed by atoms with Crippen LogP contribution in [-0.2, 0) is 0 Å². The molecule has 1 saturated heterocycles. The third-order valence-corrected chi connectivity index (χ3v) is 3.83. The highest BCUT2D eigenvalue weighted by molar-refractivity contribution is 4.84. The molecule has 3 unspecified atom stereocenters. The van der Waals surface area contributed by atoms with Gasteiger partial charge in [0, 0.05) is 25.0 Å². The van der Waals surface area contributed by atoms with Crippen molar-refractivity contribution in [3.05, 3.63) is 0 Å². The topological polar surface area (TPSA) is 76.0 Å². The molecule has 108 valence electrons. The highest BCUT2D eigenvalue weighted by Gasteiger charge is 2.32. The van der Waals surface area contributed by atoms with Crippen LogP contribution in [0.25, 0.3) is 0 Å². The van der Waals surface area contributed by atoms with Crippen LogP contribution in [0.3, 0.4) is 0 Å². The molecule has 0 radical (unpaired) electrons. The molecular weight excluding hydrogens is 232 g/mol. The Morgan fingerprint density at radius 3 is 2.11 bits per heavy atom. The van der Waals surface area contributed by atoms with Gasteiger partial charge >= 0.3 is 0 Å². The lowest BCUT2D eigenvalue weighted by atomic mass is 9.97. The monoisotopic (exact) mass is 260 g/mol. The largest absolute Gasteiger partial charge is 0.392 e. The van der Waals surface area contributed by atoms with Gasteiger partial charge in [0.15, 0.2) is 0 Å². The van der Waals surface area contributed by atoms with Crippen LogP contribution in [0.2, 0.25) is 0 Å². The Morgan fingerprint density at radius 1 is 1.11 bits per heavy atom. The smallest absolute Gasteiger partial charge is 0.109 e. The van der Waals surface area contributed by atoms with Crippen molar-refractivity contribution < 1.29 is 15.3 Å². The number of aliphatic hydroxyl groups excluding tert-OH is 3. The number of hydrogen-bond donors (Lipinski definition) is 4. The van der Waals surface area contributed by atoms with Crippen molar-refractivity contribution in [2.24, 2.45) is 11.8 Å². The molecule has 0 spiro atoms. The molecule has 1 heterocycles. The second kappa shape index (κ2) is 6.82. The lowest BCUT2D eigenvalue weighted by molar-refractivity contribution is 0.00644. The molecule has 0 bridgehead atoms. The summed E-state index contributed by atoms with van der Waals surface area (Å²) in [5.74, 6) is 0.369. The Morgan fingerprint density at radius 2 is 1.72 bits per heavy atom. The average Bonchev–Trinajstić information content (AvgIpc) is 2.73. The predicted octanol–water partition coefficient (Wildman–Crippen LogP) is -0.0400. The summed E-state index contributed by atoms with van der Waals surface area (Å²) in [5.41, 5.74) is 0. The summed E-state index contributed by atoms with van der Waals surface area (Å²) in [7, 11) is 0. The molecule has 4 N–H and O–H groups in total. The van der Waals surface area contributed by atoms with E-state index >= 15 is 0 Å². The van der Waals surface area contributed by atoms with Gasteiger partial charge in [0.2, 0.25) is 0 Å². The molecule has 0 aromatic carbocycles. The maximum atomic E-state index is 10.2. The summed E-state index contributed by atoms with van der Waals surface area (Å²) in [6.45, 7) is 9.02. The number of nitrogens with one attached hydrogen (secondary N) is 1. The maximum absolute atomic E-state index is 10.2. The summed E-state index contributed by atoms with van der Waals surface area (Å²) < 4.78 is 0. The fourth-order valence-corrected chi connectivity index (χ4v) is 2.63. The third-order valence-electron chi connectivity index (χ3n) is 3.83. The molecule has 18 heavy (non-hydrogen) atoms. The first-order valence-corrected chi connectivity index (χ1v) is 6.87. The van der Waals surface area contributed by atoms with E-state index in [1.54, 1.807) is 13.8 Å². The van der Waals surface area contributed by atoms with Crippen molar-refractivity contribution in [2.45, 2.75) is 58.7 Å². The summed E-state index contributed by atoms with van der Waals surface area (Å²) in [5, 5.41) is 32.5. The van der Waals surface area contributed by atoms with Crippen molar-refractivity contribution in [1.82, 2.24) is 10.2 Å². The van der Waals surface area contributed by atoms with Gasteiger partial charge in [0.1, 0.15) is 12.5 Å². The quantitative estimate of drug-likeness (QED) is 0.504. The Balaban J connectivity index is 2.48. The Labute approximate surface area is 110 Å². The van der Waals surface area contributed by atoms with Crippen LogP contribution < -0.4 is 5.32 Å². The Bertz CT molecular complexity index is 238. The minimum absolute atomic E-state index is 0.111. The summed E-state index contributed by atoms with van der Waals surface area (Å²) in [6.07, 6.45) is -0.714. The molecule has 5 atom stereocenters. The fraction of sp³-hybridized carbons (Fsp3) is 1.00. The molecule has 5 nitrogen and oxygen atoms in total. The minimum atomic E-state index is -0.629. The molecule has 0 aromatic heterocycles. The standard InChI is InChI=1S/C13H28N2O3/c1-8(2)12(9(3)16)14-13(18)11-5-6-15(7-11)10(4)17/h8-14,16-18H,5-7H2,1-4H3/t9?,10?,11-,12-,13?/m1/s1. The molecule has 1 aliphatic heterocycles. The van der Waals surface area contributed by atoms with Gasteiger partial charge in [-0.3, -0.25) is 10.2 Å². The number of likely N-dealkylation sites (tertiary alicyclic amines) is 1. The molecule has 0 amide bonds. The van der Waals surface area contributed by atoms with Crippen molar-refractivity contribution in [3.63, 3.8) is 0 Å². The second-order valence-electron chi connectivity index (χ2n) is 5.80. The summed E-state index contributed by atoms with van der Waals surface area (Å²) in [6, 6.07) is -0.111. The van der Waals surface area contributed by atoms with Gasteiger partial charge in [-0.1, -0.05) is 13.8 Å². The van der Waals surface area contributed by atoms with Crippen molar-refractivity contribution in [3.8, 4) is 0 Å². The number of hydrogen-bond acceptors (Lipinski definition) is 5. The maximum Gasteiger partial charge on any atom is 0.109 e. The van der Waals surface area contributed by atoms with Crippen LogP contribution >= 0.6 is 0 Å². The van der Waals surface area contributed by atoms with Gasteiger partial charge in [0.05, 0.1) is 6.10 Å². The van der Waals surface area contributed by atoms with Crippen LogP contribution in [0, 0.1) is 11.8 Å². The van der Waals surface area contributed by atoms with Crippen molar-refractivity contribution >= 4 is 0 Å². The van der Waals surface area contributed by atoms with E-state index < -0.39 is 18.6 Å². The van der Waals surface area contributed by atoms with E-state index in [0.29, 0.717) is 6.54 Å². The second-order valence-corrected chi connectivity index (χ2v) is 5.80. The van der Waals surface area contributed by atoms with Crippen molar-refractivity contribution in [2.75, 3.05) is 13.1 Å². The van der Waals surface area contributed by atoms with E-state index in [4.69, 9.17) is 0 Å². The van der Waals surface area contributed by atoms with Crippen LogP contribution in [-0.4, -0.2) is 57.9 Å². The van der Waals surface area contributed by atoms with Gasteiger partial charge in [-0.05, 0) is 26.2 Å². The SMILES string of the molecule is CC(C)[C@@H](NC(O)[C@@H]1CCN(C(C)O)C1)C(C)O. The lowest BCUT2D eigenvalue weighted by Gasteiger charge is -2.30. The molecule has 0 aromatic rings. The molecule has 0 aliphatic carbocycles. The molecule has 5 heteroatoms. The van der Waals surface area contributed by atoms with Crippen molar-refractivity contribution in [1.29, 1.82) is 0 Å².